The number of hydrogen-bond donors (Lipinski definition) is 1. The van der Waals surface area contributed by atoms with E-state index in [1.165, 1.54) is 5.56 Å². The van der Waals surface area contributed by atoms with Gasteiger partial charge >= 0.3 is 0 Å². The van der Waals surface area contributed by atoms with Crippen LogP contribution in [-0.4, -0.2) is 13.2 Å². The molecule has 0 saturated carbocycles. The van der Waals surface area contributed by atoms with E-state index >= 15 is 0 Å². The molecule has 0 radical (unpaired) electrons. The minimum absolute atomic E-state index is 0.269. The number of ether oxygens (including phenoxy) is 2. The second-order valence-electron chi connectivity index (χ2n) is 5.02. The van der Waals surface area contributed by atoms with Crippen molar-refractivity contribution in [3.05, 3.63) is 52.5 Å². The Hall–Kier alpha value is -1.68. The molecule has 1 atom stereocenters. The number of halogens is 1. The van der Waals surface area contributed by atoms with Crippen molar-refractivity contribution in [2.75, 3.05) is 18.5 Å². The summed E-state index contributed by atoms with van der Waals surface area (Å²) in [5, 5.41) is 3.57. The first-order valence-electron chi connectivity index (χ1n) is 7.18. The minimum atomic E-state index is 0.269. The predicted octanol–water partition coefficient (Wildman–Crippen LogP) is 4.78. The Bertz CT molecular complexity index is 630. The van der Waals surface area contributed by atoms with Crippen LogP contribution in [-0.2, 0) is 0 Å². The van der Waals surface area contributed by atoms with Crippen molar-refractivity contribution < 1.29 is 9.47 Å². The molecule has 1 aliphatic rings. The van der Waals surface area contributed by atoms with Crippen LogP contribution in [0.3, 0.4) is 0 Å². The van der Waals surface area contributed by atoms with Crippen molar-refractivity contribution in [3.63, 3.8) is 0 Å². The molecule has 2 aromatic carbocycles. The highest BCUT2D eigenvalue weighted by molar-refractivity contribution is 9.10. The Morgan fingerprint density at radius 1 is 1.10 bits per heavy atom. The average molecular weight is 348 g/mol. The molecule has 0 spiro atoms. The van der Waals surface area contributed by atoms with E-state index in [1.54, 1.807) is 0 Å². The third-order valence-corrected chi connectivity index (χ3v) is 4.04. The van der Waals surface area contributed by atoms with Gasteiger partial charge in [-0.15, -0.1) is 0 Å². The highest BCUT2D eigenvalue weighted by Gasteiger charge is 2.14. The van der Waals surface area contributed by atoms with Gasteiger partial charge in [0, 0.05) is 16.2 Å². The second-order valence-corrected chi connectivity index (χ2v) is 5.93. The lowest BCUT2D eigenvalue weighted by molar-refractivity contribution is 0.171. The number of nitrogens with one attached hydrogen (secondary N) is 1. The summed E-state index contributed by atoms with van der Waals surface area (Å²) in [7, 11) is 0. The zero-order chi connectivity index (χ0) is 14.7. The van der Waals surface area contributed by atoms with E-state index in [9.17, 15) is 0 Å². The Labute approximate surface area is 133 Å². The third-order valence-electron chi connectivity index (χ3n) is 3.54. The SMILES string of the molecule is CCC(Nc1ccc2c(c1)OCCO2)c1cccc(Br)c1. The van der Waals surface area contributed by atoms with E-state index in [0.717, 1.165) is 28.1 Å². The molecule has 1 unspecified atom stereocenters. The normalized spacial score (nSPS) is 14.6. The number of benzene rings is 2. The van der Waals surface area contributed by atoms with Gasteiger partial charge in [-0.2, -0.15) is 0 Å². The molecular formula is C17H18BrNO2. The fourth-order valence-corrected chi connectivity index (χ4v) is 2.90. The Morgan fingerprint density at radius 3 is 2.67 bits per heavy atom. The molecule has 0 aromatic heterocycles. The maximum absolute atomic E-state index is 5.63. The van der Waals surface area contributed by atoms with Gasteiger partial charge in [-0.25, -0.2) is 0 Å². The topological polar surface area (TPSA) is 30.5 Å². The highest BCUT2D eigenvalue weighted by Crippen LogP contribution is 2.34. The lowest BCUT2D eigenvalue weighted by Crippen LogP contribution is -2.16. The van der Waals surface area contributed by atoms with Crippen LogP contribution >= 0.6 is 15.9 Å². The molecule has 0 fully saturated rings. The van der Waals surface area contributed by atoms with Crippen LogP contribution < -0.4 is 14.8 Å². The van der Waals surface area contributed by atoms with E-state index in [1.807, 2.05) is 24.3 Å². The second kappa shape index (κ2) is 6.39. The first kappa shape index (κ1) is 14.3. The van der Waals surface area contributed by atoms with E-state index in [0.29, 0.717) is 13.2 Å². The summed E-state index contributed by atoms with van der Waals surface area (Å²) in [6.45, 7) is 3.41. The molecule has 1 N–H and O–H groups in total. The predicted molar refractivity (Wildman–Crippen MR) is 88.2 cm³/mol. The average Bonchev–Trinajstić information content (AvgIpc) is 2.52. The zero-order valence-corrected chi connectivity index (χ0v) is 13.5. The van der Waals surface area contributed by atoms with Crippen LogP contribution in [0.25, 0.3) is 0 Å². The third kappa shape index (κ3) is 3.32. The number of anilines is 1. The summed E-state index contributed by atoms with van der Waals surface area (Å²) in [4.78, 5) is 0. The summed E-state index contributed by atoms with van der Waals surface area (Å²) in [6, 6.07) is 14.7. The molecule has 3 rings (SSSR count). The first-order valence-corrected chi connectivity index (χ1v) is 7.97. The Balaban J connectivity index is 1.81. The van der Waals surface area contributed by atoms with E-state index < -0.39 is 0 Å². The van der Waals surface area contributed by atoms with Gasteiger partial charge in [0.2, 0.25) is 0 Å². The van der Waals surface area contributed by atoms with Gasteiger partial charge in [-0.3, -0.25) is 0 Å². The standard InChI is InChI=1S/C17H18BrNO2/c1-2-15(12-4-3-5-13(18)10-12)19-14-6-7-16-17(11-14)21-9-8-20-16/h3-7,10-11,15,19H,2,8-9H2,1H3. The van der Waals surface area contributed by atoms with Crippen molar-refractivity contribution >= 4 is 21.6 Å². The van der Waals surface area contributed by atoms with Crippen LogP contribution in [0.1, 0.15) is 24.9 Å². The number of hydrogen-bond acceptors (Lipinski definition) is 3. The molecule has 1 aliphatic heterocycles. The van der Waals surface area contributed by atoms with Gasteiger partial charge in [0.25, 0.3) is 0 Å². The maximum atomic E-state index is 5.63. The monoisotopic (exact) mass is 347 g/mol. The molecule has 1 heterocycles. The summed E-state index contributed by atoms with van der Waals surface area (Å²) < 4.78 is 12.3. The van der Waals surface area contributed by atoms with Crippen LogP contribution in [0.5, 0.6) is 11.5 Å². The van der Waals surface area contributed by atoms with Gasteiger partial charge in [-0.05, 0) is 36.2 Å². The lowest BCUT2D eigenvalue weighted by Gasteiger charge is -2.22. The van der Waals surface area contributed by atoms with E-state index in [4.69, 9.17) is 9.47 Å². The van der Waals surface area contributed by atoms with Crippen molar-refractivity contribution in [2.45, 2.75) is 19.4 Å². The summed E-state index contributed by atoms with van der Waals surface area (Å²) in [5.74, 6) is 1.64. The summed E-state index contributed by atoms with van der Waals surface area (Å²) in [5.41, 5.74) is 2.31. The van der Waals surface area contributed by atoms with Gasteiger partial charge in [0.1, 0.15) is 13.2 Å². The lowest BCUT2D eigenvalue weighted by atomic mass is 10.0. The molecule has 110 valence electrons. The fourth-order valence-electron chi connectivity index (χ4n) is 2.48. The van der Waals surface area contributed by atoms with Crippen LogP contribution in [0.15, 0.2) is 46.9 Å². The fraction of sp³-hybridized carbons (Fsp3) is 0.294. The van der Waals surface area contributed by atoms with Crippen molar-refractivity contribution in [1.82, 2.24) is 0 Å². The highest BCUT2D eigenvalue weighted by atomic mass is 79.9. The van der Waals surface area contributed by atoms with Crippen molar-refractivity contribution in [2.24, 2.45) is 0 Å². The summed E-state index contributed by atoms with van der Waals surface area (Å²) in [6.07, 6.45) is 1.00. The van der Waals surface area contributed by atoms with Gasteiger partial charge in [-0.1, -0.05) is 35.0 Å². The Morgan fingerprint density at radius 2 is 1.90 bits per heavy atom. The summed E-state index contributed by atoms with van der Waals surface area (Å²) >= 11 is 3.53. The van der Waals surface area contributed by atoms with Crippen molar-refractivity contribution in [3.8, 4) is 11.5 Å². The molecule has 0 aliphatic carbocycles. The smallest absolute Gasteiger partial charge is 0.163 e. The largest absolute Gasteiger partial charge is 0.486 e. The molecule has 0 bridgehead atoms. The first-order chi connectivity index (χ1) is 10.3. The molecule has 21 heavy (non-hydrogen) atoms. The van der Waals surface area contributed by atoms with Crippen LogP contribution in [0, 0.1) is 0 Å². The Kier molecular flexibility index (Phi) is 4.34. The minimum Gasteiger partial charge on any atom is -0.486 e. The molecule has 3 nitrogen and oxygen atoms in total. The zero-order valence-electron chi connectivity index (χ0n) is 11.9. The van der Waals surface area contributed by atoms with Crippen LogP contribution in [0.2, 0.25) is 0 Å². The van der Waals surface area contributed by atoms with Crippen molar-refractivity contribution in [1.29, 1.82) is 0 Å². The van der Waals surface area contributed by atoms with Gasteiger partial charge in [0.05, 0.1) is 6.04 Å². The van der Waals surface area contributed by atoms with Crippen LogP contribution in [0.4, 0.5) is 5.69 Å². The maximum Gasteiger partial charge on any atom is 0.163 e. The van der Waals surface area contributed by atoms with Gasteiger partial charge in [0.15, 0.2) is 11.5 Å². The van der Waals surface area contributed by atoms with E-state index in [2.05, 4.69) is 46.4 Å². The number of fused-ring (bicyclic) bond motifs is 1. The molecular weight excluding hydrogens is 330 g/mol. The quantitative estimate of drug-likeness (QED) is 0.862. The molecule has 2 aromatic rings. The number of rotatable bonds is 4. The molecule has 4 heteroatoms. The van der Waals surface area contributed by atoms with Gasteiger partial charge < -0.3 is 14.8 Å². The van der Waals surface area contributed by atoms with E-state index in [-0.39, 0.29) is 6.04 Å². The molecule has 0 saturated heterocycles. The molecule has 0 amide bonds.